The lowest BCUT2D eigenvalue weighted by Gasteiger charge is -2.23. The van der Waals surface area contributed by atoms with Crippen LogP contribution in [0.15, 0.2) is 35.1 Å². The summed E-state index contributed by atoms with van der Waals surface area (Å²) in [5.74, 6) is 1.34. The van der Waals surface area contributed by atoms with Crippen molar-refractivity contribution < 1.29 is 5.11 Å². The van der Waals surface area contributed by atoms with Crippen LogP contribution in [0.25, 0.3) is 0 Å². The molecule has 0 saturated heterocycles. The van der Waals surface area contributed by atoms with Crippen LogP contribution in [0.1, 0.15) is 32.2 Å². The molecule has 0 aliphatic heterocycles. The molecule has 0 radical (unpaired) electrons. The molecule has 0 amide bonds. The second-order valence-corrected chi connectivity index (χ2v) is 7.14. The number of rotatable bonds is 6. The number of nitrogens with zero attached hydrogens (tertiary/aromatic N) is 3. The molecule has 0 aliphatic rings. The number of halogens is 1. The first-order chi connectivity index (χ1) is 9.85. The average molecular weight is 352 g/mol. The Bertz CT molecular complexity index is 575. The van der Waals surface area contributed by atoms with Crippen molar-refractivity contribution in [2.24, 2.45) is 5.92 Å². The van der Waals surface area contributed by atoms with Crippen molar-refractivity contribution in [1.29, 1.82) is 0 Å². The Labute approximate surface area is 134 Å². The Balaban J connectivity index is 2.06. The first kappa shape index (κ1) is 16.2. The number of aliphatic hydroxyl groups is 1. The summed E-state index contributed by atoms with van der Waals surface area (Å²) >= 11 is 3.42. The SMILES string of the molecule is CC(C)Cn1ncnc1CC(C)(O)Cc1ccc(Br)cc1. The molecular weight excluding hydrogens is 330 g/mol. The molecule has 2 rings (SSSR count). The highest BCUT2D eigenvalue weighted by atomic mass is 79.9. The Morgan fingerprint density at radius 2 is 1.90 bits per heavy atom. The Kier molecular flexibility index (Phi) is 5.17. The molecule has 0 bridgehead atoms. The van der Waals surface area contributed by atoms with E-state index in [0.29, 0.717) is 18.8 Å². The zero-order chi connectivity index (χ0) is 15.5. The van der Waals surface area contributed by atoms with Crippen molar-refractivity contribution in [3.63, 3.8) is 0 Å². The van der Waals surface area contributed by atoms with E-state index in [1.54, 1.807) is 6.33 Å². The van der Waals surface area contributed by atoms with Gasteiger partial charge >= 0.3 is 0 Å². The van der Waals surface area contributed by atoms with E-state index < -0.39 is 5.60 Å². The number of benzene rings is 1. The molecule has 1 aromatic heterocycles. The van der Waals surface area contributed by atoms with E-state index in [4.69, 9.17) is 0 Å². The van der Waals surface area contributed by atoms with E-state index >= 15 is 0 Å². The molecule has 4 nitrogen and oxygen atoms in total. The topological polar surface area (TPSA) is 50.9 Å². The van der Waals surface area contributed by atoms with Crippen molar-refractivity contribution in [1.82, 2.24) is 14.8 Å². The summed E-state index contributed by atoms with van der Waals surface area (Å²) in [6.45, 7) is 6.96. The minimum Gasteiger partial charge on any atom is -0.389 e. The van der Waals surface area contributed by atoms with Gasteiger partial charge in [-0.25, -0.2) is 9.67 Å². The van der Waals surface area contributed by atoms with Gasteiger partial charge in [-0.15, -0.1) is 0 Å². The molecule has 1 N–H and O–H groups in total. The second kappa shape index (κ2) is 6.71. The Morgan fingerprint density at radius 3 is 2.52 bits per heavy atom. The maximum absolute atomic E-state index is 10.7. The van der Waals surface area contributed by atoms with Crippen LogP contribution in [0.5, 0.6) is 0 Å². The number of hydrogen-bond donors (Lipinski definition) is 1. The monoisotopic (exact) mass is 351 g/mol. The Hall–Kier alpha value is -1.20. The summed E-state index contributed by atoms with van der Waals surface area (Å²) in [5.41, 5.74) is 0.272. The van der Waals surface area contributed by atoms with Gasteiger partial charge in [0.25, 0.3) is 0 Å². The van der Waals surface area contributed by atoms with Crippen LogP contribution >= 0.6 is 15.9 Å². The third-order valence-electron chi connectivity index (χ3n) is 3.27. The van der Waals surface area contributed by atoms with Gasteiger partial charge in [-0.3, -0.25) is 0 Å². The van der Waals surface area contributed by atoms with Gasteiger partial charge in [-0.1, -0.05) is 41.9 Å². The first-order valence-electron chi connectivity index (χ1n) is 7.19. The number of hydrogen-bond acceptors (Lipinski definition) is 3. The molecule has 1 unspecified atom stereocenters. The van der Waals surface area contributed by atoms with E-state index in [0.717, 1.165) is 22.4 Å². The van der Waals surface area contributed by atoms with Gasteiger partial charge in [-0.05, 0) is 30.5 Å². The van der Waals surface area contributed by atoms with Crippen LogP contribution in [0.3, 0.4) is 0 Å². The average Bonchev–Trinajstić information content (AvgIpc) is 2.77. The highest BCUT2D eigenvalue weighted by molar-refractivity contribution is 9.10. The Morgan fingerprint density at radius 1 is 1.24 bits per heavy atom. The summed E-state index contributed by atoms with van der Waals surface area (Å²) in [7, 11) is 0. The molecule has 114 valence electrons. The predicted molar refractivity (Wildman–Crippen MR) is 87.0 cm³/mol. The summed E-state index contributed by atoms with van der Waals surface area (Å²) in [6, 6.07) is 8.04. The molecule has 1 heterocycles. The summed E-state index contributed by atoms with van der Waals surface area (Å²) in [5, 5.41) is 14.9. The van der Waals surface area contributed by atoms with Crippen molar-refractivity contribution in [3.8, 4) is 0 Å². The van der Waals surface area contributed by atoms with Crippen molar-refractivity contribution in [2.45, 2.75) is 45.8 Å². The maximum Gasteiger partial charge on any atom is 0.138 e. The van der Waals surface area contributed by atoms with Crippen LogP contribution in [-0.2, 0) is 19.4 Å². The van der Waals surface area contributed by atoms with Gasteiger partial charge in [-0.2, -0.15) is 5.10 Å². The van der Waals surface area contributed by atoms with Gasteiger partial charge in [0.15, 0.2) is 0 Å². The summed E-state index contributed by atoms with van der Waals surface area (Å²) < 4.78 is 2.93. The molecule has 5 heteroatoms. The minimum absolute atomic E-state index is 0.496. The van der Waals surface area contributed by atoms with E-state index in [9.17, 15) is 5.11 Å². The van der Waals surface area contributed by atoms with E-state index in [1.807, 2.05) is 35.9 Å². The van der Waals surface area contributed by atoms with Gasteiger partial charge in [0.2, 0.25) is 0 Å². The van der Waals surface area contributed by atoms with Gasteiger partial charge in [0.1, 0.15) is 12.2 Å². The lowest BCUT2D eigenvalue weighted by molar-refractivity contribution is 0.0573. The van der Waals surface area contributed by atoms with Gasteiger partial charge in [0, 0.05) is 23.9 Å². The summed E-state index contributed by atoms with van der Waals surface area (Å²) in [6.07, 6.45) is 2.65. The molecular formula is C16H22BrN3O. The second-order valence-electron chi connectivity index (χ2n) is 6.23. The summed E-state index contributed by atoms with van der Waals surface area (Å²) in [4.78, 5) is 4.29. The first-order valence-corrected chi connectivity index (χ1v) is 7.98. The lowest BCUT2D eigenvalue weighted by Crippen LogP contribution is -2.32. The molecule has 0 saturated carbocycles. The molecule has 2 aromatic rings. The zero-order valence-electron chi connectivity index (χ0n) is 12.8. The molecule has 0 spiro atoms. The van der Waals surface area contributed by atoms with Crippen molar-refractivity contribution in [3.05, 3.63) is 46.5 Å². The fourth-order valence-corrected chi connectivity index (χ4v) is 2.63. The quantitative estimate of drug-likeness (QED) is 0.868. The van der Waals surface area contributed by atoms with Gasteiger partial charge < -0.3 is 5.11 Å². The van der Waals surface area contributed by atoms with E-state index in [2.05, 4.69) is 39.9 Å². The van der Waals surface area contributed by atoms with E-state index in [-0.39, 0.29) is 0 Å². The highest BCUT2D eigenvalue weighted by Crippen LogP contribution is 2.20. The largest absolute Gasteiger partial charge is 0.389 e. The van der Waals surface area contributed by atoms with Crippen LogP contribution in [0.4, 0.5) is 0 Å². The third-order valence-corrected chi connectivity index (χ3v) is 3.80. The molecule has 0 fully saturated rings. The van der Waals surface area contributed by atoms with E-state index in [1.165, 1.54) is 0 Å². The standard InChI is InChI=1S/C16H22BrN3O/c1-12(2)10-20-15(18-11-19-20)9-16(3,21)8-13-4-6-14(17)7-5-13/h4-7,11-12,21H,8-10H2,1-3H3. The molecule has 1 aromatic carbocycles. The predicted octanol–water partition coefficient (Wildman–Crippen LogP) is 3.23. The fraction of sp³-hybridized carbons (Fsp3) is 0.500. The highest BCUT2D eigenvalue weighted by Gasteiger charge is 2.24. The maximum atomic E-state index is 10.7. The molecule has 0 aliphatic carbocycles. The van der Waals surface area contributed by atoms with Crippen molar-refractivity contribution >= 4 is 15.9 Å². The van der Waals surface area contributed by atoms with Crippen LogP contribution in [-0.4, -0.2) is 25.5 Å². The molecule has 1 atom stereocenters. The minimum atomic E-state index is -0.838. The molecule has 21 heavy (non-hydrogen) atoms. The van der Waals surface area contributed by atoms with Crippen LogP contribution < -0.4 is 0 Å². The van der Waals surface area contributed by atoms with Crippen molar-refractivity contribution in [2.75, 3.05) is 0 Å². The zero-order valence-corrected chi connectivity index (χ0v) is 14.3. The van der Waals surface area contributed by atoms with Gasteiger partial charge in [0.05, 0.1) is 5.60 Å². The third kappa shape index (κ3) is 4.93. The smallest absolute Gasteiger partial charge is 0.138 e. The van der Waals surface area contributed by atoms with Crippen LogP contribution in [0.2, 0.25) is 0 Å². The lowest BCUT2D eigenvalue weighted by atomic mass is 9.93. The number of aromatic nitrogens is 3. The normalized spacial score (nSPS) is 14.4. The van der Waals surface area contributed by atoms with Crippen LogP contribution in [0, 0.1) is 5.92 Å². The fourth-order valence-electron chi connectivity index (χ4n) is 2.37.